The van der Waals surface area contributed by atoms with Crippen molar-refractivity contribution in [1.82, 2.24) is 0 Å². The largest absolute Gasteiger partial charge is 0.481 e. The monoisotopic (exact) mass is 919 g/mol. The van der Waals surface area contributed by atoms with Crippen molar-refractivity contribution in [3.63, 3.8) is 0 Å². The Morgan fingerprint density at radius 1 is 0.692 bits per heavy atom. The van der Waals surface area contributed by atoms with Crippen molar-refractivity contribution < 1.29 is 79.3 Å². The molecule has 2 fully saturated rings. The standard InChI is InChI=1S/C48H73NO16/c1-28-18-16-14-12-10-8-6-7-9-11-13-15-17-19-36(64-47-45(58)43(49)29(2)31(4)63-47)25-40-42(46(59)60)39(55)27-48(61,65-40)26-38(54)37(53)21-20-33(50)22-34(51)23-35(52)24-41(56)62-32(5)30(3)44(28)57/h6-19,28-32,34-40,42-45,47,51-55,57-58,61H,20-27,49H2,1-5H3,(H,59,60)/b7-6+,10-8+,11-9+,14-12+,15-13+,18-16+,19-17+/t28-,29?,30-,31?,32-,34+,35+,36-,37+,38+,39-,40?,42+,43?,44+,45?,47?,48+/m0/s1. The molecule has 2 saturated heterocycles. The lowest BCUT2D eigenvalue weighted by atomic mass is 9.82. The lowest BCUT2D eigenvalue weighted by molar-refractivity contribution is -0.308. The first-order valence-electron chi connectivity index (χ1n) is 22.5. The summed E-state index contributed by atoms with van der Waals surface area (Å²) in [6.07, 6.45) is 6.51. The number of fused-ring (bicyclic) bond motifs is 2. The molecule has 3 aliphatic heterocycles. The molecule has 3 heterocycles. The Labute approximate surface area is 381 Å². The van der Waals surface area contributed by atoms with Gasteiger partial charge in [-0.2, -0.15) is 0 Å². The molecule has 2 bridgehead atoms. The molecule has 0 spiro atoms. The first kappa shape index (κ1) is 55.6. The topological polar surface area (TPSA) is 296 Å². The number of carboxylic acids is 1. The zero-order valence-electron chi connectivity index (χ0n) is 38.0. The van der Waals surface area contributed by atoms with Crippen molar-refractivity contribution in [3.8, 4) is 0 Å². The number of nitrogens with two attached hydrogens (primary N) is 1. The van der Waals surface area contributed by atoms with Gasteiger partial charge in [0.2, 0.25) is 0 Å². The van der Waals surface area contributed by atoms with Crippen LogP contribution < -0.4 is 5.73 Å². The molecule has 3 aliphatic rings. The van der Waals surface area contributed by atoms with E-state index in [1.807, 2.05) is 44.2 Å². The fourth-order valence-electron chi connectivity index (χ4n) is 7.97. The van der Waals surface area contributed by atoms with Gasteiger partial charge in [0.15, 0.2) is 12.1 Å². The summed E-state index contributed by atoms with van der Waals surface area (Å²) in [5, 5.41) is 97.3. The fraction of sp³-hybridized carbons (Fsp3) is 0.646. The van der Waals surface area contributed by atoms with Gasteiger partial charge in [0, 0.05) is 56.4 Å². The number of ether oxygens (including phenoxy) is 4. The predicted molar refractivity (Wildman–Crippen MR) is 239 cm³/mol. The lowest BCUT2D eigenvalue weighted by Crippen LogP contribution is -2.59. The molecule has 17 nitrogen and oxygen atoms in total. The number of ketones is 1. The van der Waals surface area contributed by atoms with E-state index < -0.39 is 141 Å². The van der Waals surface area contributed by atoms with E-state index in [1.165, 1.54) is 0 Å². The first-order chi connectivity index (χ1) is 30.6. The molecule has 0 aromatic heterocycles. The Morgan fingerprint density at radius 3 is 1.82 bits per heavy atom. The summed E-state index contributed by atoms with van der Waals surface area (Å²) >= 11 is 0. The molecular formula is C48H73NO16. The van der Waals surface area contributed by atoms with E-state index in [-0.39, 0.29) is 37.5 Å². The van der Waals surface area contributed by atoms with E-state index in [4.69, 9.17) is 24.7 Å². The number of aliphatic hydroxyl groups is 8. The number of Topliss-reactive ketones (excluding diaryl/α,β-unsaturated/α-hetero) is 1. The van der Waals surface area contributed by atoms with Crippen molar-refractivity contribution in [2.24, 2.45) is 29.4 Å². The summed E-state index contributed by atoms with van der Waals surface area (Å²) in [6.45, 7) is 8.80. The van der Waals surface area contributed by atoms with Gasteiger partial charge in [-0.3, -0.25) is 14.4 Å². The predicted octanol–water partition coefficient (Wildman–Crippen LogP) is 2.20. The maximum absolute atomic E-state index is 12.7. The maximum atomic E-state index is 12.7. The molecule has 11 N–H and O–H groups in total. The smallest absolute Gasteiger partial charge is 0.311 e. The fourth-order valence-corrected chi connectivity index (χ4v) is 7.97. The molecule has 0 amide bonds. The quantitative estimate of drug-likeness (QED) is 0.182. The molecule has 0 radical (unpaired) electrons. The lowest BCUT2D eigenvalue weighted by Gasteiger charge is -2.45. The van der Waals surface area contributed by atoms with Crippen LogP contribution in [0.1, 0.15) is 86.0 Å². The highest BCUT2D eigenvalue weighted by atomic mass is 16.7. The molecule has 65 heavy (non-hydrogen) atoms. The average molecular weight is 920 g/mol. The zero-order chi connectivity index (χ0) is 48.4. The molecule has 0 aromatic carbocycles. The third kappa shape index (κ3) is 18.5. The number of carbonyl (C=O) groups is 3. The second-order valence-corrected chi connectivity index (χ2v) is 17.8. The summed E-state index contributed by atoms with van der Waals surface area (Å²) in [4.78, 5) is 37.8. The van der Waals surface area contributed by atoms with Crippen LogP contribution in [0.5, 0.6) is 0 Å². The highest BCUT2D eigenvalue weighted by Crippen LogP contribution is 2.38. The van der Waals surface area contributed by atoms with E-state index >= 15 is 0 Å². The van der Waals surface area contributed by atoms with E-state index in [0.29, 0.717) is 0 Å². The highest BCUT2D eigenvalue weighted by Gasteiger charge is 2.51. The van der Waals surface area contributed by atoms with Gasteiger partial charge in [-0.05, 0) is 26.2 Å². The van der Waals surface area contributed by atoms with Crippen molar-refractivity contribution in [3.05, 3.63) is 85.1 Å². The summed E-state index contributed by atoms with van der Waals surface area (Å²) in [7, 11) is 0. The zero-order valence-corrected chi connectivity index (χ0v) is 38.0. The van der Waals surface area contributed by atoms with Crippen molar-refractivity contribution in [2.45, 2.75) is 171 Å². The minimum Gasteiger partial charge on any atom is -0.481 e. The Hall–Kier alpha value is -3.69. The molecule has 18 atom stereocenters. The number of hydrogen-bond donors (Lipinski definition) is 10. The van der Waals surface area contributed by atoms with Gasteiger partial charge in [0.05, 0.1) is 61.4 Å². The van der Waals surface area contributed by atoms with Crippen LogP contribution in [0.25, 0.3) is 0 Å². The van der Waals surface area contributed by atoms with Crippen LogP contribution in [-0.2, 0) is 33.3 Å². The molecule has 3 rings (SSSR count). The summed E-state index contributed by atoms with van der Waals surface area (Å²) in [5.74, 6) is -7.58. The normalized spacial score (nSPS) is 44.4. The van der Waals surface area contributed by atoms with Gasteiger partial charge >= 0.3 is 11.9 Å². The molecule has 366 valence electrons. The second kappa shape index (κ2) is 27.2. The van der Waals surface area contributed by atoms with Crippen molar-refractivity contribution in [2.75, 3.05) is 0 Å². The molecule has 0 aliphatic carbocycles. The van der Waals surface area contributed by atoms with Crippen LogP contribution in [-0.4, -0.2) is 149 Å². The number of carboxylic acid groups (broad SMARTS) is 1. The number of allylic oxidation sites excluding steroid dienone is 12. The van der Waals surface area contributed by atoms with Gasteiger partial charge < -0.3 is 70.6 Å². The van der Waals surface area contributed by atoms with Gasteiger partial charge in [0.1, 0.15) is 23.9 Å². The number of esters is 1. The summed E-state index contributed by atoms with van der Waals surface area (Å²) in [6, 6.07) is -0.710. The maximum Gasteiger partial charge on any atom is 0.311 e. The van der Waals surface area contributed by atoms with Crippen LogP contribution in [0.4, 0.5) is 0 Å². The third-order valence-corrected chi connectivity index (χ3v) is 12.3. The molecule has 0 aromatic rings. The van der Waals surface area contributed by atoms with Crippen molar-refractivity contribution >= 4 is 17.7 Å². The SMILES string of the molecule is CC1OC(O[C@H]2/C=C/C=C/C=C/C=C/C=C/C=C/C=C/[C@H](C)[C@@H](O)[C@@H](C)[C@H](C)OC(=O)C[C@H](O)C[C@H](O)CC(=O)CC[C@@H](O)[C@H](O)C[C@]3(O)C[C@H](O)[C@@H](C(=O)O)C(C2)O3)C(O)C(N)C1C. The number of rotatable bonds is 3. The minimum atomic E-state index is -2.35. The number of hydrogen-bond acceptors (Lipinski definition) is 16. The Kier molecular flexibility index (Phi) is 23.3. The minimum absolute atomic E-state index is 0.217. The summed E-state index contributed by atoms with van der Waals surface area (Å²) < 4.78 is 23.5. The Morgan fingerprint density at radius 2 is 1.23 bits per heavy atom. The van der Waals surface area contributed by atoms with Crippen LogP contribution in [0, 0.1) is 23.7 Å². The summed E-state index contributed by atoms with van der Waals surface area (Å²) in [5.41, 5.74) is 6.26. The number of cyclic esters (lactones) is 1. The van der Waals surface area contributed by atoms with Gasteiger partial charge in [-0.1, -0.05) is 106 Å². The molecule has 6 unspecified atom stereocenters. The van der Waals surface area contributed by atoms with Crippen LogP contribution in [0.2, 0.25) is 0 Å². The van der Waals surface area contributed by atoms with Crippen molar-refractivity contribution in [1.29, 1.82) is 0 Å². The average Bonchev–Trinajstić information content (AvgIpc) is 3.21. The number of aliphatic carboxylic acids is 1. The van der Waals surface area contributed by atoms with E-state index in [1.54, 1.807) is 75.5 Å². The van der Waals surface area contributed by atoms with Crippen LogP contribution in [0.15, 0.2) is 85.1 Å². The molecule has 0 saturated carbocycles. The Balaban J connectivity index is 1.86. The van der Waals surface area contributed by atoms with Crippen LogP contribution in [0.3, 0.4) is 0 Å². The van der Waals surface area contributed by atoms with Crippen LogP contribution >= 0.6 is 0 Å². The van der Waals surface area contributed by atoms with Gasteiger partial charge in [0.25, 0.3) is 0 Å². The molecular weight excluding hydrogens is 847 g/mol. The first-order valence-corrected chi connectivity index (χ1v) is 22.5. The number of aliphatic hydroxyl groups excluding tert-OH is 7. The van der Waals surface area contributed by atoms with Gasteiger partial charge in [-0.15, -0.1) is 0 Å². The van der Waals surface area contributed by atoms with E-state index in [0.717, 1.165) is 0 Å². The molecule has 17 heteroatoms. The third-order valence-electron chi connectivity index (χ3n) is 12.3. The Bertz CT molecular complexity index is 1710. The van der Waals surface area contributed by atoms with E-state index in [2.05, 4.69) is 0 Å². The second-order valence-electron chi connectivity index (χ2n) is 17.8. The van der Waals surface area contributed by atoms with Gasteiger partial charge in [-0.25, -0.2) is 0 Å². The number of carbonyl (C=O) groups excluding carboxylic acids is 2. The highest BCUT2D eigenvalue weighted by molar-refractivity contribution is 5.78. The van der Waals surface area contributed by atoms with E-state index in [9.17, 15) is 60.3 Å².